The number of hydrogen-bond acceptors (Lipinski definition) is 2. The summed E-state index contributed by atoms with van der Waals surface area (Å²) < 4.78 is 18.9. The summed E-state index contributed by atoms with van der Waals surface area (Å²) in [6, 6.07) is 8.62. The third kappa shape index (κ3) is 1.55. The number of phenolic OH excluding ortho intramolecular Hbond substituents is 1. The van der Waals surface area contributed by atoms with E-state index in [-0.39, 0.29) is 5.75 Å². The van der Waals surface area contributed by atoms with Gasteiger partial charge < -0.3 is 9.84 Å². The van der Waals surface area contributed by atoms with Crippen LogP contribution in [0, 0.1) is 12.7 Å². The van der Waals surface area contributed by atoms with Crippen LogP contribution in [0.3, 0.4) is 0 Å². The lowest BCUT2D eigenvalue weighted by molar-refractivity contribution is 0.299. The van der Waals surface area contributed by atoms with Crippen LogP contribution < -0.4 is 4.74 Å². The molecule has 2 nitrogen and oxygen atoms in total. The van der Waals surface area contributed by atoms with Crippen LogP contribution in [0.5, 0.6) is 11.5 Å². The van der Waals surface area contributed by atoms with Gasteiger partial charge in [0.25, 0.3) is 0 Å². The van der Waals surface area contributed by atoms with Crippen LogP contribution in [0.25, 0.3) is 11.1 Å². The van der Waals surface area contributed by atoms with E-state index >= 15 is 0 Å². The molecule has 0 aliphatic carbocycles. The maximum atomic E-state index is 13.4. The van der Waals surface area contributed by atoms with Crippen LogP contribution >= 0.6 is 0 Å². The van der Waals surface area contributed by atoms with Crippen molar-refractivity contribution >= 4 is 0 Å². The summed E-state index contributed by atoms with van der Waals surface area (Å²) in [7, 11) is 0. The van der Waals surface area contributed by atoms with E-state index in [1.807, 2.05) is 25.1 Å². The highest BCUT2D eigenvalue weighted by Crippen LogP contribution is 2.40. The molecule has 0 saturated heterocycles. The first-order chi connectivity index (χ1) is 8.15. The molecule has 0 fully saturated rings. The Balaban J connectivity index is 2.25. The highest BCUT2D eigenvalue weighted by molar-refractivity contribution is 5.76. The molecule has 1 N–H and O–H groups in total. The number of halogens is 1. The Bertz CT molecular complexity index is 605. The van der Waals surface area contributed by atoms with Gasteiger partial charge in [-0.05, 0) is 24.1 Å². The van der Waals surface area contributed by atoms with E-state index in [0.717, 1.165) is 16.7 Å². The third-order valence-corrected chi connectivity index (χ3v) is 2.98. The maximum absolute atomic E-state index is 13.4. The number of hydrogen-bond donors (Lipinski definition) is 1. The molecule has 1 aliphatic heterocycles. The smallest absolute Gasteiger partial charge is 0.165 e. The summed E-state index contributed by atoms with van der Waals surface area (Å²) in [4.78, 5) is 0. The van der Waals surface area contributed by atoms with Crippen molar-refractivity contribution in [3.63, 3.8) is 0 Å². The molecule has 1 heterocycles. The summed E-state index contributed by atoms with van der Waals surface area (Å²) in [5.74, 6) is -0.472. The molecule has 17 heavy (non-hydrogen) atoms. The molecule has 0 amide bonds. The molecule has 0 spiro atoms. The van der Waals surface area contributed by atoms with Gasteiger partial charge in [0.15, 0.2) is 11.6 Å². The SMILES string of the molecule is Cc1ccc2c(c1)COc1cc(O)c(F)cc1-2. The van der Waals surface area contributed by atoms with Gasteiger partial charge >= 0.3 is 0 Å². The fourth-order valence-electron chi connectivity index (χ4n) is 2.13. The van der Waals surface area contributed by atoms with Crippen LogP contribution in [0.1, 0.15) is 11.1 Å². The molecule has 2 aromatic rings. The van der Waals surface area contributed by atoms with Crippen molar-refractivity contribution in [2.24, 2.45) is 0 Å². The van der Waals surface area contributed by atoms with Crippen LogP contribution in [0.15, 0.2) is 30.3 Å². The second kappa shape index (κ2) is 3.48. The van der Waals surface area contributed by atoms with Gasteiger partial charge in [0, 0.05) is 11.6 Å². The summed E-state index contributed by atoms with van der Waals surface area (Å²) in [5.41, 5.74) is 3.86. The van der Waals surface area contributed by atoms with E-state index < -0.39 is 5.82 Å². The van der Waals surface area contributed by atoms with Crippen molar-refractivity contribution < 1.29 is 14.2 Å². The average Bonchev–Trinajstić information content (AvgIpc) is 2.30. The molecule has 0 saturated carbocycles. The number of rotatable bonds is 0. The Labute approximate surface area is 98.3 Å². The van der Waals surface area contributed by atoms with Crippen molar-refractivity contribution in [1.29, 1.82) is 0 Å². The van der Waals surface area contributed by atoms with E-state index in [0.29, 0.717) is 17.9 Å². The van der Waals surface area contributed by atoms with E-state index in [9.17, 15) is 9.50 Å². The lowest BCUT2D eigenvalue weighted by Gasteiger charge is -2.21. The normalized spacial score (nSPS) is 12.6. The van der Waals surface area contributed by atoms with E-state index in [2.05, 4.69) is 0 Å². The van der Waals surface area contributed by atoms with Gasteiger partial charge in [-0.2, -0.15) is 0 Å². The monoisotopic (exact) mass is 230 g/mol. The van der Waals surface area contributed by atoms with E-state index in [1.165, 1.54) is 12.1 Å². The topological polar surface area (TPSA) is 29.5 Å². The molecule has 0 bridgehead atoms. The van der Waals surface area contributed by atoms with Gasteiger partial charge in [-0.1, -0.05) is 23.8 Å². The standard InChI is InChI=1S/C14H11FO2/c1-8-2-3-10-9(4-8)7-17-14-6-13(16)12(15)5-11(10)14/h2-6,16H,7H2,1H3. The summed E-state index contributed by atoms with van der Waals surface area (Å²) >= 11 is 0. The van der Waals surface area contributed by atoms with Crippen LogP contribution in [0.4, 0.5) is 4.39 Å². The van der Waals surface area contributed by atoms with E-state index in [1.54, 1.807) is 0 Å². The fraction of sp³-hybridized carbons (Fsp3) is 0.143. The summed E-state index contributed by atoms with van der Waals surface area (Å²) in [6.07, 6.45) is 0. The Morgan fingerprint density at radius 2 is 2.00 bits per heavy atom. The number of aromatic hydroxyl groups is 1. The van der Waals surface area contributed by atoms with Gasteiger partial charge in [0.2, 0.25) is 0 Å². The van der Waals surface area contributed by atoms with Gasteiger partial charge in [0.05, 0.1) is 0 Å². The first-order valence-corrected chi connectivity index (χ1v) is 5.40. The number of aryl methyl sites for hydroxylation is 1. The molecular formula is C14H11FO2. The minimum absolute atomic E-state index is 0.376. The molecule has 86 valence electrons. The third-order valence-electron chi connectivity index (χ3n) is 2.98. The number of benzene rings is 2. The Hall–Kier alpha value is -2.03. The zero-order valence-electron chi connectivity index (χ0n) is 9.33. The lowest BCUT2D eigenvalue weighted by Crippen LogP contribution is -2.06. The lowest BCUT2D eigenvalue weighted by atomic mass is 9.95. The van der Waals surface area contributed by atoms with Crippen LogP contribution in [-0.2, 0) is 6.61 Å². The first-order valence-electron chi connectivity index (χ1n) is 5.40. The highest BCUT2D eigenvalue weighted by Gasteiger charge is 2.19. The van der Waals surface area contributed by atoms with Crippen LogP contribution in [-0.4, -0.2) is 5.11 Å². The average molecular weight is 230 g/mol. The van der Waals surface area contributed by atoms with Gasteiger partial charge in [-0.15, -0.1) is 0 Å². The maximum Gasteiger partial charge on any atom is 0.165 e. The zero-order chi connectivity index (χ0) is 12.0. The summed E-state index contributed by atoms with van der Waals surface area (Å²) in [5, 5.41) is 9.31. The van der Waals surface area contributed by atoms with Crippen molar-refractivity contribution in [3.05, 3.63) is 47.3 Å². The van der Waals surface area contributed by atoms with E-state index in [4.69, 9.17) is 4.74 Å². The largest absolute Gasteiger partial charge is 0.505 e. The highest BCUT2D eigenvalue weighted by atomic mass is 19.1. The fourth-order valence-corrected chi connectivity index (χ4v) is 2.13. The molecule has 1 aliphatic rings. The number of fused-ring (bicyclic) bond motifs is 3. The minimum Gasteiger partial charge on any atom is -0.505 e. The molecule has 3 rings (SSSR count). The van der Waals surface area contributed by atoms with Gasteiger partial charge in [-0.3, -0.25) is 0 Å². The second-order valence-corrected chi connectivity index (χ2v) is 4.25. The molecule has 0 unspecified atom stereocenters. The predicted molar refractivity (Wildman–Crippen MR) is 62.6 cm³/mol. The van der Waals surface area contributed by atoms with Crippen LogP contribution in [0.2, 0.25) is 0 Å². The molecule has 2 aromatic carbocycles. The Morgan fingerprint density at radius 1 is 1.18 bits per heavy atom. The van der Waals surface area contributed by atoms with Crippen molar-refractivity contribution in [1.82, 2.24) is 0 Å². The quantitative estimate of drug-likeness (QED) is 0.751. The predicted octanol–water partition coefficient (Wildman–Crippen LogP) is 3.40. The molecule has 0 aromatic heterocycles. The number of ether oxygens (including phenoxy) is 1. The van der Waals surface area contributed by atoms with Gasteiger partial charge in [-0.25, -0.2) is 4.39 Å². The van der Waals surface area contributed by atoms with Crippen molar-refractivity contribution in [3.8, 4) is 22.6 Å². The van der Waals surface area contributed by atoms with Crippen molar-refractivity contribution in [2.75, 3.05) is 0 Å². The molecule has 0 atom stereocenters. The van der Waals surface area contributed by atoms with Crippen molar-refractivity contribution in [2.45, 2.75) is 13.5 Å². The second-order valence-electron chi connectivity index (χ2n) is 4.25. The minimum atomic E-state index is -0.624. The molecule has 0 radical (unpaired) electrons. The summed E-state index contributed by atoms with van der Waals surface area (Å²) in [6.45, 7) is 2.46. The Kier molecular flexibility index (Phi) is 2.08. The first kappa shape index (κ1) is 10.1. The van der Waals surface area contributed by atoms with Gasteiger partial charge in [0.1, 0.15) is 12.4 Å². The molecular weight excluding hydrogens is 219 g/mol. The Morgan fingerprint density at radius 3 is 2.82 bits per heavy atom. The molecule has 3 heteroatoms. The zero-order valence-corrected chi connectivity index (χ0v) is 9.33. The number of phenols is 1.